The summed E-state index contributed by atoms with van der Waals surface area (Å²) < 4.78 is 22.8. The van der Waals surface area contributed by atoms with Crippen LogP contribution in [0.15, 0.2) is 35.4 Å². The lowest BCUT2D eigenvalue weighted by Gasteiger charge is -2.28. The summed E-state index contributed by atoms with van der Waals surface area (Å²) in [4.78, 5) is 24.3. The van der Waals surface area contributed by atoms with Crippen LogP contribution in [0.2, 0.25) is 0 Å². The number of rotatable bonds is 4. The van der Waals surface area contributed by atoms with Crippen molar-refractivity contribution in [2.24, 2.45) is 5.92 Å². The molecule has 1 aliphatic heterocycles. The molecule has 7 nitrogen and oxygen atoms in total. The first-order valence-electron chi connectivity index (χ1n) is 9.82. The number of carbonyl (C=O) groups is 1. The fraction of sp³-hybridized carbons (Fsp3) is 0.450. The molecule has 5 rings (SSSR count). The Bertz CT molecular complexity index is 1100. The summed E-state index contributed by atoms with van der Waals surface area (Å²) in [6.07, 6.45) is 6.75. The molecule has 2 saturated carbocycles. The van der Waals surface area contributed by atoms with Crippen LogP contribution in [0.25, 0.3) is 0 Å². The summed E-state index contributed by atoms with van der Waals surface area (Å²) in [6, 6.07) is 6.25. The van der Waals surface area contributed by atoms with E-state index in [1.54, 1.807) is 18.3 Å². The van der Waals surface area contributed by atoms with Gasteiger partial charge >= 0.3 is 0 Å². The molecule has 1 spiro atoms. The Balaban J connectivity index is 1.47. The predicted octanol–water partition coefficient (Wildman–Crippen LogP) is 3.71. The summed E-state index contributed by atoms with van der Waals surface area (Å²) in [5.41, 5.74) is 1.17. The number of nitrogens with zero attached hydrogens (tertiary/aromatic N) is 3. The van der Waals surface area contributed by atoms with E-state index in [2.05, 4.69) is 17.2 Å². The van der Waals surface area contributed by atoms with E-state index >= 15 is 0 Å². The molecule has 0 radical (unpaired) electrons. The van der Waals surface area contributed by atoms with Gasteiger partial charge in [0.25, 0.3) is 9.05 Å². The van der Waals surface area contributed by atoms with Crippen molar-refractivity contribution in [1.29, 1.82) is 0 Å². The second kappa shape index (κ2) is 6.40. The van der Waals surface area contributed by atoms with Crippen molar-refractivity contribution in [3.8, 4) is 0 Å². The van der Waals surface area contributed by atoms with Crippen LogP contribution in [0.5, 0.6) is 0 Å². The van der Waals surface area contributed by atoms with Gasteiger partial charge in [0.15, 0.2) is 0 Å². The van der Waals surface area contributed by atoms with Gasteiger partial charge in [-0.2, -0.15) is 4.98 Å². The predicted molar refractivity (Wildman–Crippen MR) is 110 cm³/mol. The fourth-order valence-electron chi connectivity index (χ4n) is 4.65. The summed E-state index contributed by atoms with van der Waals surface area (Å²) in [7, 11) is 1.60. The lowest BCUT2D eigenvalue weighted by atomic mass is 10.0. The molecule has 1 aromatic carbocycles. The van der Waals surface area contributed by atoms with E-state index < -0.39 is 14.5 Å². The first-order valence-corrected chi connectivity index (χ1v) is 12.1. The molecule has 9 heteroatoms. The number of amides is 1. The highest BCUT2D eigenvalue weighted by atomic mass is 35.7. The Morgan fingerprint density at radius 1 is 1.21 bits per heavy atom. The van der Waals surface area contributed by atoms with E-state index in [0.29, 0.717) is 17.6 Å². The van der Waals surface area contributed by atoms with Gasteiger partial charge in [0.05, 0.1) is 10.3 Å². The summed E-state index contributed by atoms with van der Waals surface area (Å²) in [5.74, 6) is 1.74. The Kier molecular flexibility index (Phi) is 4.15. The summed E-state index contributed by atoms with van der Waals surface area (Å²) in [5, 5.41) is 3.10. The molecule has 152 valence electrons. The van der Waals surface area contributed by atoms with Crippen LogP contribution in [0.1, 0.15) is 44.6 Å². The van der Waals surface area contributed by atoms with E-state index in [0.717, 1.165) is 43.5 Å². The van der Waals surface area contributed by atoms with Crippen molar-refractivity contribution in [1.82, 2.24) is 9.97 Å². The molecule has 3 aliphatic rings. The highest BCUT2D eigenvalue weighted by Crippen LogP contribution is 2.58. The van der Waals surface area contributed by atoms with Crippen molar-refractivity contribution >= 4 is 43.1 Å². The topological polar surface area (TPSA) is 92.3 Å². The number of hydrogen-bond acceptors (Lipinski definition) is 6. The van der Waals surface area contributed by atoms with Gasteiger partial charge in [0, 0.05) is 34.2 Å². The van der Waals surface area contributed by atoms with Gasteiger partial charge in [-0.15, -0.1) is 0 Å². The normalized spacial score (nSPS) is 24.8. The van der Waals surface area contributed by atoms with Gasteiger partial charge in [-0.25, -0.2) is 13.4 Å². The fourth-order valence-corrected chi connectivity index (χ4v) is 5.42. The van der Waals surface area contributed by atoms with Gasteiger partial charge in [-0.3, -0.25) is 9.69 Å². The molecule has 2 heterocycles. The molecule has 0 saturated heterocycles. The number of carbonyl (C=O) groups excluding carboxylic acids is 1. The zero-order valence-corrected chi connectivity index (χ0v) is 17.5. The van der Waals surface area contributed by atoms with Crippen molar-refractivity contribution in [3.05, 3.63) is 36.0 Å². The minimum Gasteiger partial charge on any atom is -0.324 e. The molecule has 2 atom stereocenters. The maximum absolute atomic E-state index is 13.2. The van der Waals surface area contributed by atoms with E-state index in [1.807, 2.05) is 4.90 Å². The molecule has 1 amide bonds. The van der Waals surface area contributed by atoms with Crippen LogP contribution in [-0.2, 0) is 19.3 Å². The van der Waals surface area contributed by atoms with E-state index in [-0.39, 0.29) is 16.8 Å². The monoisotopic (exact) mass is 432 g/mol. The second-order valence-electron chi connectivity index (χ2n) is 8.25. The van der Waals surface area contributed by atoms with Crippen LogP contribution >= 0.6 is 10.7 Å². The van der Waals surface area contributed by atoms with E-state index in [1.165, 1.54) is 12.1 Å². The van der Waals surface area contributed by atoms with Crippen molar-refractivity contribution in [2.75, 3.05) is 10.2 Å². The largest absolute Gasteiger partial charge is 0.324 e. The first kappa shape index (κ1) is 18.8. The molecule has 0 bridgehead atoms. The number of nitrogens with one attached hydrogen (secondary N) is 1. The lowest BCUT2D eigenvalue weighted by molar-refractivity contribution is -0.120. The molecule has 1 N–H and O–H groups in total. The molecule has 2 fully saturated rings. The zero-order valence-electron chi connectivity index (χ0n) is 15.9. The van der Waals surface area contributed by atoms with Gasteiger partial charge in [-0.05, 0) is 55.9 Å². The molecule has 29 heavy (non-hydrogen) atoms. The Hall–Kier alpha value is -2.19. The molecule has 1 aromatic heterocycles. The number of benzene rings is 1. The van der Waals surface area contributed by atoms with Crippen LogP contribution < -0.4 is 10.2 Å². The number of halogens is 1. The lowest BCUT2D eigenvalue weighted by Crippen LogP contribution is -2.42. The zero-order chi connectivity index (χ0) is 20.4. The van der Waals surface area contributed by atoms with Gasteiger partial charge in [0.2, 0.25) is 11.9 Å². The van der Waals surface area contributed by atoms with Crippen molar-refractivity contribution < 1.29 is 13.2 Å². The first-order chi connectivity index (χ1) is 13.8. The molecule has 2 aliphatic carbocycles. The van der Waals surface area contributed by atoms with Gasteiger partial charge in [-0.1, -0.05) is 13.3 Å². The summed E-state index contributed by atoms with van der Waals surface area (Å²) in [6.45, 7) is 2.20. The Labute approximate surface area is 173 Å². The molecular weight excluding hydrogens is 412 g/mol. The molecule has 2 aromatic rings. The molecular formula is C20H21ClN4O3S. The second-order valence-corrected chi connectivity index (χ2v) is 10.8. The third-order valence-corrected chi connectivity index (χ3v) is 7.80. The highest BCUT2D eigenvalue weighted by Gasteiger charge is 2.61. The Morgan fingerprint density at radius 3 is 2.52 bits per heavy atom. The maximum atomic E-state index is 13.2. The van der Waals surface area contributed by atoms with Gasteiger partial charge in [0.1, 0.15) is 5.82 Å². The smallest absolute Gasteiger partial charge is 0.261 e. The third kappa shape index (κ3) is 3.00. The number of fused-ring (bicyclic) bond motifs is 2. The minimum absolute atomic E-state index is 0.0299. The molecule has 2 unspecified atom stereocenters. The SMILES string of the molecule is CC1CCCC1N1C(=O)C2(CC2)c2cnc(Nc3ccc(S(=O)(=O)Cl)cc3)nc21. The van der Waals surface area contributed by atoms with Gasteiger partial charge < -0.3 is 5.32 Å². The van der Waals surface area contributed by atoms with Crippen LogP contribution in [-0.4, -0.2) is 30.3 Å². The average Bonchev–Trinajstić information content (AvgIpc) is 3.33. The third-order valence-electron chi connectivity index (χ3n) is 6.43. The van der Waals surface area contributed by atoms with Crippen molar-refractivity contribution in [2.45, 2.75) is 55.4 Å². The summed E-state index contributed by atoms with van der Waals surface area (Å²) >= 11 is 0. The average molecular weight is 433 g/mol. The highest BCUT2D eigenvalue weighted by molar-refractivity contribution is 8.13. The Morgan fingerprint density at radius 2 is 1.93 bits per heavy atom. The number of aromatic nitrogens is 2. The quantitative estimate of drug-likeness (QED) is 0.740. The number of hydrogen-bond donors (Lipinski definition) is 1. The van der Waals surface area contributed by atoms with Crippen molar-refractivity contribution in [3.63, 3.8) is 0 Å². The van der Waals surface area contributed by atoms with Crippen LogP contribution in [0.3, 0.4) is 0 Å². The van der Waals surface area contributed by atoms with Crippen LogP contribution in [0.4, 0.5) is 17.5 Å². The number of anilines is 3. The minimum atomic E-state index is -3.77. The maximum Gasteiger partial charge on any atom is 0.261 e. The van der Waals surface area contributed by atoms with E-state index in [9.17, 15) is 13.2 Å². The van der Waals surface area contributed by atoms with Crippen LogP contribution in [0, 0.1) is 5.92 Å². The standard InChI is InChI=1S/C20H21ClN4O3S/c1-12-3-2-4-16(12)25-17-15(20(9-10-20)18(25)26)11-22-19(24-17)23-13-5-7-14(8-6-13)29(21,27)28/h5-8,11-12,16H,2-4,9-10H2,1H3,(H,22,23,24). The van der Waals surface area contributed by atoms with E-state index in [4.69, 9.17) is 15.7 Å².